The molecule has 2 aliphatic rings. The van der Waals surface area contributed by atoms with Gasteiger partial charge in [-0.25, -0.2) is 0 Å². The summed E-state index contributed by atoms with van der Waals surface area (Å²) in [6.45, 7) is 1.95. The van der Waals surface area contributed by atoms with Crippen LogP contribution in [0, 0.1) is 23.2 Å². The summed E-state index contributed by atoms with van der Waals surface area (Å²) in [4.78, 5) is 37.3. The number of fused-ring (bicyclic) bond motifs is 1. The number of rotatable bonds is 2. The molecule has 0 radical (unpaired) electrons. The molecule has 5 heteroatoms. The minimum Gasteiger partial charge on any atom is -0.468 e. The van der Waals surface area contributed by atoms with Crippen molar-refractivity contribution in [3.05, 3.63) is 0 Å². The Morgan fingerprint density at radius 1 is 1.10 bits per heavy atom. The van der Waals surface area contributed by atoms with Crippen molar-refractivity contribution >= 4 is 17.7 Å². The third kappa shape index (κ3) is 2.47. The van der Waals surface area contributed by atoms with Crippen molar-refractivity contribution in [3.8, 4) is 0 Å². The Balaban J connectivity index is 2.47. The van der Waals surface area contributed by atoms with Crippen LogP contribution in [0.5, 0.6) is 0 Å². The molecule has 5 nitrogen and oxygen atoms in total. The SMILES string of the molecule is COC(=O)C1(C(=O)OC)C[C@H](C)[C@H]2C(=O)CCCCC[C@H]21. The summed E-state index contributed by atoms with van der Waals surface area (Å²) < 4.78 is 9.83. The minimum atomic E-state index is -1.30. The quantitative estimate of drug-likeness (QED) is 0.576. The second-order valence-corrected chi connectivity index (χ2v) is 6.33. The van der Waals surface area contributed by atoms with Crippen molar-refractivity contribution in [2.24, 2.45) is 23.2 Å². The van der Waals surface area contributed by atoms with Crippen LogP contribution < -0.4 is 0 Å². The second kappa shape index (κ2) is 6.16. The first-order chi connectivity index (χ1) is 9.98. The molecule has 2 fully saturated rings. The molecule has 3 atom stereocenters. The van der Waals surface area contributed by atoms with Crippen LogP contribution in [0.15, 0.2) is 0 Å². The van der Waals surface area contributed by atoms with Gasteiger partial charge in [-0.2, -0.15) is 0 Å². The summed E-state index contributed by atoms with van der Waals surface area (Å²) in [5.74, 6) is -1.45. The van der Waals surface area contributed by atoms with E-state index < -0.39 is 17.4 Å². The van der Waals surface area contributed by atoms with E-state index in [1.54, 1.807) is 0 Å². The number of esters is 2. The van der Waals surface area contributed by atoms with Gasteiger partial charge in [-0.3, -0.25) is 14.4 Å². The number of ether oxygens (including phenoxy) is 2. The lowest BCUT2D eigenvalue weighted by Crippen LogP contribution is -2.46. The zero-order valence-corrected chi connectivity index (χ0v) is 13.0. The van der Waals surface area contributed by atoms with Crippen molar-refractivity contribution < 1.29 is 23.9 Å². The molecule has 0 saturated heterocycles. The molecule has 0 heterocycles. The van der Waals surface area contributed by atoms with Crippen LogP contribution in [0.2, 0.25) is 0 Å². The zero-order valence-electron chi connectivity index (χ0n) is 13.0. The van der Waals surface area contributed by atoms with Crippen molar-refractivity contribution in [1.29, 1.82) is 0 Å². The molecule has 21 heavy (non-hydrogen) atoms. The van der Waals surface area contributed by atoms with E-state index in [0.29, 0.717) is 19.3 Å². The van der Waals surface area contributed by atoms with Crippen molar-refractivity contribution in [1.82, 2.24) is 0 Å². The van der Waals surface area contributed by atoms with Crippen molar-refractivity contribution in [2.75, 3.05) is 14.2 Å². The zero-order chi connectivity index (χ0) is 15.6. The summed E-state index contributed by atoms with van der Waals surface area (Å²) in [6.07, 6.45) is 4.37. The largest absolute Gasteiger partial charge is 0.468 e. The average Bonchev–Trinajstić information content (AvgIpc) is 2.75. The van der Waals surface area contributed by atoms with Gasteiger partial charge in [0.2, 0.25) is 0 Å². The second-order valence-electron chi connectivity index (χ2n) is 6.33. The molecule has 0 aliphatic heterocycles. The topological polar surface area (TPSA) is 69.7 Å². The number of carbonyl (C=O) groups excluding carboxylic acids is 3. The predicted molar refractivity (Wildman–Crippen MR) is 75.3 cm³/mol. The van der Waals surface area contributed by atoms with Crippen molar-refractivity contribution in [2.45, 2.75) is 45.4 Å². The standard InChI is InChI=1S/C16H24O5/c1-10-9-16(14(18)20-2,15(19)21-3)11-7-5-4-6-8-12(17)13(10)11/h10-11,13H,4-9H2,1-3H3/t10-,11+,13+/m0/s1. The fraction of sp³-hybridized carbons (Fsp3) is 0.812. The van der Waals surface area contributed by atoms with Crippen LogP contribution >= 0.6 is 0 Å². The van der Waals surface area contributed by atoms with E-state index >= 15 is 0 Å². The molecular weight excluding hydrogens is 272 g/mol. The third-order valence-electron chi connectivity index (χ3n) is 5.23. The molecular formula is C16H24O5. The van der Waals surface area contributed by atoms with Crippen LogP contribution in [0.1, 0.15) is 45.4 Å². The lowest BCUT2D eigenvalue weighted by Gasteiger charge is -2.33. The summed E-state index contributed by atoms with van der Waals surface area (Å²) in [6, 6.07) is 0. The van der Waals surface area contributed by atoms with Crippen LogP contribution in [-0.4, -0.2) is 31.9 Å². The molecule has 0 aromatic rings. The number of hydrogen-bond donors (Lipinski definition) is 0. The molecule has 0 bridgehead atoms. The number of methoxy groups -OCH3 is 2. The third-order valence-corrected chi connectivity index (χ3v) is 5.23. The molecule has 0 aromatic heterocycles. The molecule has 2 rings (SSSR count). The Morgan fingerprint density at radius 3 is 2.29 bits per heavy atom. The maximum Gasteiger partial charge on any atom is 0.323 e. The maximum atomic E-state index is 12.5. The molecule has 0 aromatic carbocycles. The first-order valence-corrected chi connectivity index (χ1v) is 7.68. The van der Waals surface area contributed by atoms with Crippen LogP contribution in [0.25, 0.3) is 0 Å². The van der Waals surface area contributed by atoms with Gasteiger partial charge in [0, 0.05) is 12.3 Å². The first-order valence-electron chi connectivity index (χ1n) is 7.68. The van der Waals surface area contributed by atoms with E-state index in [1.807, 2.05) is 6.92 Å². The van der Waals surface area contributed by atoms with Gasteiger partial charge in [0.1, 0.15) is 5.78 Å². The number of ketones is 1. The monoisotopic (exact) mass is 296 g/mol. The Kier molecular flexibility index (Phi) is 4.69. The van der Waals surface area contributed by atoms with Crippen LogP contribution in [0.3, 0.4) is 0 Å². The van der Waals surface area contributed by atoms with Gasteiger partial charge in [0.15, 0.2) is 5.41 Å². The summed E-state index contributed by atoms with van der Waals surface area (Å²) in [5, 5.41) is 0. The summed E-state index contributed by atoms with van der Waals surface area (Å²) in [5.41, 5.74) is -1.30. The number of carbonyl (C=O) groups is 3. The smallest absolute Gasteiger partial charge is 0.323 e. The van der Waals surface area contributed by atoms with E-state index in [1.165, 1.54) is 14.2 Å². The number of Topliss-reactive ketones (excluding diaryl/α,β-unsaturated/α-hetero) is 1. The van der Waals surface area contributed by atoms with Crippen LogP contribution in [0.4, 0.5) is 0 Å². The fourth-order valence-corrected chi connectivity index (χ4v) is 4.38. The van der Waals surface area contributed by atoms with Gasteiger partial charge < -0.3 is 9.47 Å². The van der Waals surface area contributed by atoms with E-state index in [9.17, 15) is 14.4 Å². The van der Waals surface area contributed by atoms with Gasteiger partial charge in [0.25, 0.3) is 0 Å². The summed E-state index contributed by atoms with van der Waals surface area (Å²) >= 11 is 0. The Hall–Kier alpha value is -1.39. The Labute approximate surface area is 125 Å². The van der Waals surface area contributed by atoms with E-state index in [0.717, 1.165) is 19.3 Å². The highest BCUT2D eigenvalue weighted by molar-refractivity contribution is 6.02. The van der Waals surface area contributed by atoms with Crippen molar-refractivity contribution in [3.63, 3.8) is 0 Å². The van der Waals surface area contributed by atoms with E-state index in [2.05, 4.69) is 0 Å². The van der Waals surface area contributed by atoms with Gasteiger partial charge in [-0.05, 0) is 31.1 Å². The van der Waals surface area contributed by atoms with Gasteiger partial charge in [-0.15, -0.1) is 0 Å². The highest BCUT2D eigenvalue weighted by Gasteiger charge is 2.63. The summed E-state index contributed by atoms with van der Waals surface area (Å²) in [7, 11) is 2.57. The predicted octanol–water partition coefficient (Wildman–Crippen LogP) is 2.12. The maximum absolute atomic E-state index is 12.5. The highest BCUT2D eigenvalue weighted by atomic mass is 16.5. The minimum absolute atomic E-state index is 0.00111. The van der Waals surface area contributed by atoms with Gasteiger partial charge >= 0.3 is 11.9 Å². The molecule has 0 amide bonds. The average molecular weight is 296 g/mol. The van der Waals surface area contributed by atoms with Gasteiger partial charge in [0.05, 0.1) is 14.2 Å². The lowest BCUT2D eigenvalue weighted by molar-refractivity contribution is -0.173. The number of hydrogen-bond acceptors (Lipinski definition) is 5. The Morgan fingerprint density at radius 2 is 1.71 bits per heavy atom. The lowest BCUT2D eigenvalue weighted by atomic mass is 9.70. The Bertz CT molecular complexity index is 426. The molecule has 118 valence electrons. The molecule has 2 aliphatic carbocycles. The molecule has 0 unspecified atom stereocenters. The van der Waals surface area contributed by atoms with Crippen LogP contribution in [-0.2, 0) is 23.9 Å². The molecule has 2 saturated carbocycles. The highest BCUT2D eigenvalue weighted by Crippen LogP contribution is 2.55. The van der Waals surface area contributed by atoms with Gasteiger partial charge in [-0.1, -0.05) is 19.8 Å². The molecule has 0 spiro atoms. The normalized spacial score (nSPS) is 31.8. The first kappa shape index (κ1) is 16.0. The van der Waals surface area contributed by atoms with E-state index in [4.69, 9.17) is 9.47 Å². The molecule has 0 N–H and O–H groups in total. The fourth-order valence-electron chi connectivity index (χ4n) is 4.38. The van der Waals surface area contributed by atoms with E-state index in [-0.39, 0.29) is 23.5 Å².